The molecule has 4 nitrogen and oxygen atoms in total. The van der Waals surface area contributed by atoms with Crippen LogP contribution in [0.2, 0.25) is 0 Å². The van der Waals surface area contributed by atoms with Gasteiger partial charge in [0.05, 0.1) is 0 Å². The molecule has 0 rings (SSSR count). The third kappa shape index (κ3) is 11.4. The monoisotopic (exact) mass is 302 g/mol. The van der Waals surface area contributed by atoms with Crippen LogP contribution in [0.25, 0.3) is 0 Å². The van der Waals surface area contributed by atoms with Gasteiger partial charge in [0.2, 0.25) is 0 Å². The molecule has 38 valence electrons. The zero-order chi connectivity index (χ0) is 5.21. The first-order chi connectivity index (χ1) is 2.56. The summed E-state index contributed by atoms with van der Waals surface area (Å²) < 4.78 is 13.2. The van der Waals surface area contributed by atoms with Crippen LogP contribution in [0, 0.1) is 0 Å². The molecule has 0 aliphatic carbocycles. The quantitative estimate of drug-likeness (QED) is 0.477. The standard InChI is InChI=1S/Na.H3O4P.Ta.H/c;1-5(2,3)4;;/h;(H3,1,2,3,4);;/q;;+1;/p-1. The van der Waals surface area contributed by atoms with Crippen LogP contribution in [0.5, 0.6) is 0 Å². The molecule has 7 heteroatoms. The summed E-state index contributed by atoms with van der Waals surface area (Å²) >= 11 is 0.257. The molecule has 0 aromatic carbocycles. The topological polar surface area (TPSA) is 66.8 Å². The van der Waals surface area contributed by atoms with E-state index in [-0.39, 0.29) is 51.0 Å². The fraction of sp³-hybridized carbons (Fsp3) is 0. The summed E-state index contributed by atoms with van der Waals surface area (Å²) in [4.78, 5) is 15.5. The van der Waals surface area contributed by atoms with E-state index in [4.69, 9.17) is 9.79 Å². The van der Waals surface area contributed by atoms with Crippen molar-refractivity contribution in [2.24, 2.45) is 0 Å². The van der Waals surface area contributed by atoms with E-state index in [1.807, 2.05) is 0 Å². The van der Waals surface area contributed by atoms with Crippen molar-refractivity contribution in [3.05, 3.63) is 0 Å². The first-order valence-corrected chi connectivity index (χ1v) is 3.79. The summed E-state index contributed by atoms with van der Waals surface area (Å²) in [6, 6.07) is 0. The van der Waals surface area contributed by atoms with E-state index >= 15 is 0 Å². The molecule has 0 amide bonds. The Morgan fingerprint density at radius 2 is 1.71 bits per heavy atom. The second-order valence-corrected chi connectivity index (χ2v) is 3.48. The van der Waals surface area contributed by atoms with E-state index in [9.17, 15) is 4.57 Å². The SMILES string of the molecule is O=P(O)(O)[O][Ta].[NaH]. The number of hydrogen-bond acceptors (Lipinski definition) is 2. The molecule has 0 aliphatic heterocycles. The summed E-state index contributed by atoms with van der Waals surface area (Å²) in [5.41, 5.74) is 0. The van der Waals surface area contributed by atoms with Crippen LogP contribution in [0.3, 0.4) is 0 Å². The van der Waals surface area contributed by atoms with Gasteiger partial charge in [-0.2, -0.15) is 0 Å². The molecular weight excluding hydrogens is 299 g/mol. The van der Waals surface area contributed by atoms with Crippen molar-refractivity contribution in [2.75, 3.05) is 0 Å². The molecule has 0 radical (unpaired) electrons. The van der Waals surface area contributed by atoms with Gasteiger partial charge in [-0.3, -0.25) is 0 Å². The minimum absolute atomic E-state index is 0. The summed E-state index contributed by atoms with van der Waals surface area (Å²) in [5, 5.41) is 0. The fourth-order valence-corrected chi connectivity index (χ4v) is 0. The molecule has 0 fully saturated rings. The van der Waals surface area contributed by atoms with Crippen LogP contribution in [-0.2, 0) is 29.1 Å². The molecule has 0 unspecified atom stereocenters. The van der Waals surface area contributed by atoms with Gasteiger partial charge >= 0.3 is 76.2 Å². The third-order valence-electron chi connectivity index (χ3n) is 0.106. The molecule has 0 saturated carbocycles. The number of hydrogen-bond donors (Lipinski definition) is 2. The van der Waals surface area contributed by atoms with E-state index in [0.29, 0.717) is 0 Å². The van der Waals surface area contributed by atoms with E-state index in [1.54, 1.807) is 0 Å². The average molecular weight is 302 g/mol. The summed E-state index contributed by atoms with van der Waals surface area (Å²) in [5.74, 6) is 0. The normalized spacial score (nSPS) is 10.0. The molecule has 7 heavy (non-hydrogen) atoms. The van der Waals surface area contributed by atoms with E-state index in [2.05, 4.69) is 3.03 Å². The van der Waals surface area contributed by atoms with Gasteiger partial charge in [0.25, 0.3) is 0 Å². The predicted octanol–water partition coefficient (Wildman–Crippen LogP) is -1.09. The predicted molar refractivity (Wildman–Crippen MR) is 20.3 cm³/mol. The Kier molecular flexibility index (Phi) is 7.81. The molecule has 0 atom stereocenters. The Morgan fingerprint density at radius 1 is 1.57 bits per heavy atom. The van der Waals surface area contributed by atoms with Crippen molar-refractivity contribution in [1.82, 2.24) is 0 Å². The van der Waals surface area contributed by atoms with Gasteiger partial charge in [0.15, 0.2) is 0 Å². The van der Waals surface area contributed by atoms with Crippen LogP contribution in [0.1, 0.15) is 0 Å². The van der Waals surface area contributed by atoms with Gasteiger partial charge in [-0.05, 0) is 0 Å². The fourth-order valence-electron chi connectivity index (χ4n) is 0. The maximum atomic E-state index is 9.50. The van der Waals surface area contributed by atoms with Crippen LogP contribution >= 0.6 is 7.82 Å². The number of rotatable bonds is 1. The first kappa shape index (κ1) is 11.6. The molecule has 0 bridgehead atoms. The van der Waals surface area contributed by atoms with Crippen molar-refractivity contribution >= 4 is 37.4 Å². The van der Waals surface area contributed by atoms with Crippen LogP contribution in [0.15, 0.2) is 0 Å². The summed E-state index contributed by atoms with van der Waals surface area (Å²) in [7, 11) is -4.10. The van der Waals surface area contributed by atoms with Crippen LogP contribution in [0.4, 0.5) is 0 Å². The van der Waals surface area contributed by atoms with Gasteiger partial charge in [-0.25, -0.2) is 0 Å². The Morgan fingerprint density at radius 3 is 1.71 bits per heavy atom. The van der Waals surface area contributed by atoms with Gasteiger partial charge in [0.1, 0.15) is 0 Å². The van der Waals surface area contributed by atoms with Crippen molar-refractivity contribution in [1.29, 1.82) is 0 Å². The summed E-state index contributed by atoms with van der Waals surface area (Å²) in [6.45, 7) is 0. The molecule has 0 saturated heterocycles. The van der Waals surface area contributed by atoms with Crippen molar-refractivity contribution in [3.63, 3.8) is 0 Å². The molecular formula is H3NaO4PTa. The van der Waals surface area contributed by atoms with Crippen molar-refractivity contribution < 1.29 is 38.8 Å². The molecule has 0 spiro atoms. The second-order valence-electron chi connectivity index (χ2n) is 0.572. The Bertz CT molecular complexity index is 75.8. The zero-order valence-corrected chi connectivity index (χ0v) is 6.71. The van der Waals surface area contributed by atoms with Gasteiger partial charge in [-0.1, -0.05) is 0 Å². The molecule has 0 heterocycles. The maximum absolute atomic E-state index is 9.50. The van der Waals surface area contributed by atoms with Crippen LogP contribution < -0.4 is 0 Å². The third-order valence-corrected chi connectivity index (χ3v) is 2.61. The van der Waals surface area contributed by atoms with Gasteiger partial charge in [0, 0.05) is 0 Å². The molecule has 0 aliphatic rings. The molecule has 0 aromatic rings. The van der Waals surface area contributed by atoms with Crippen LogP contribution in [-0.4, -0.2) is 39.3 Å². The van der Waals surface area contributed by atoms with E-state index in [0.717, 1.165) is 0 Å². The summed E-state index contributed by atoms with van der Waals surface area (Å²) in [6.07, 6.45) is 0. The van der Waals surface area contributed by atoms with Gasteiger partial charge in [-0.15, -0.1) is 0 Å². The first-order valence-electron chi connectivity index (χ1n) is 0.948. The minimum atomic E-state index is -4.10. The van der Waals surface area contributed by atoms with E-state index < -0.39 is 7.82 Å². The molecule has 2 N–H and O–H groups in total. The second kappa shape index (κ2) is 4.70. The Labute approximate surface area is 75.6 Å². The Hall–Kier alpha value is 1.85. The molecule has 0 aromatic heterocycles. The zero-order valence-electron chi connectivity index (χ0n) is 2.61. The van der Waals surface area contributed by atoms with Crippen molar-refractivity contribution in [3.8, 4) is 0 Å². The average Bonchev–Trinajstić information content (AvgIpc) is 1.35. The van der Waals surface area contributed by atoms with Crippen molar-refractivity contribution in [2.45, 2.75) is 0 Å². The number of phosphoric acid groups is 1. The Balaban J connectivity index is 0. The van der Waals surface area contributed by atoms with Gasteiger partial charge < -0.3 is 0 Å². The van der Waals surface area contributed by atoms with E-state index in [1.165, 1.54) is 0 Å².